The van der Waals surface area contributed by atoms with Crippen LogP contribution in [-0.2, 0) is 14.3 Å². The molecule has 68 valence electrons. The van der Waals surface area contributed by atoms with Gasteiger partial charge in [0.05, 0.1) is 11.3 Å². The molecule has 13 heavy (non-hydrogen) atoms. The van der Waals surface area contributed by atoms with Crippen molar-refractivity contribution in [1.82, 2.24) is 0 Å². The van der Waals surface area contributed by atoms with Crippen molar-refractivity contribution in [1.29, 1.82) is 0 Å². The number of esters is 2. The van der Waals surface area contributed by atoms with Crippen LogP contribution in [0.3, 0.4) is 0 Å². The van der Waals surface area contributed by atoms with Gasteiger partial charge >= 0.3 is 11.9 Å². The predicted octanol–water partition coefficient (Wildman–Crippen LogP) is 0.898. The van der Waals surface area contributed by atoms with Crippen molar-refractivity contribution in [3.63, 3.8) is 0 Å². The summed E-state index contributed by atoms with van der Waals surface area (Å²) in [7, 11) is 0. The molecule has 3 nitrogen and oxygen atoms in total. The maximum absolute atomic E-state index is 11.5. The Morgan fingerprint density at radius 3 is 2.92 bits per heavy atom. The Balaban J connectivity index is 2.17. The lowest BCUT2D eigenvalue weighted by atomic mass is 9.72. The minimum absolute atomic E-state index is 0.199. The molecule has 2 fully saturated rings. The molecule has 3 rings (SSSR count). The quantitative estimate of drug-likeness (QED) is 0.314. The highest BCUT2D eigenvalue weighted by Crippen LogP contribution is 2.59. The molecule has 2 bridgehead atoms. The highest BCUT2D eigenvalue weighted by Gasteiger charge is 2.66. The van der Waals surface area contributed by atoms with Crippen LogP contribution in [0.25, 0.3) is 0 Å². The molecule has 2 aliphatic carbocycles. The third kappa shape index (κ3) is 0.598. The molecule has 1 aliphatic heterocycles. The molecule has 1 heterocycles. The molecule has 1 unspecified atom stereocenters. The molecular formula is C10H10O3. The predicted molar refractivity (Wildman–Crippen MR) is 43.4 cm³/mol. The highest BCUT2D eigenvalue weighted by molar-refractivity contribution is 6.00. The second kappa shape index (κ2) is 1.86. The summed E-state index contributed by atoms with van der Waals surface area (Å²) in [6, 6.07) is 0. The molecule has 0 aromatic heterocycles. The largest absolute Gasteiger partial charge is 0.392 e. The molecule has 0 spiro atoms. The van der Waals surface area contributed by atoms with E-state index in [2.05, 4.69) is 12.2 Å². The fourth-order valence-corrected chi connectivity index (χ4v) is 3.06. The number of carbonyl (C=O) groups is 2. The number of carbonyl (C=O) groups excluding carboxylic acids is 2. The Labute approximate surface area is 75.8 Å². The van der Waals surface area contributed by atoms with E-state index in [0.717, 1.165) is 6.42 Å². The average molecular weight is 178 g/mol. The van der Waals surface area contributed by atoms with E-state index in [1.165, 1.54) is 0 Å². The number of allylic oxidation sites excluding steroid dienone is 2. The summed E-state index contributed by atoms with van der Waals surface area (Å²) >= 11 is 0. The molecule has 4 atom stereocenters. The molecule has 3 aliphatic rings. The zero-order valence-corrected chi connectivity index (χ0v) is 7.32. The van der Waals surface area contributed by atoms with Gasteiger partial charge in [0.25, 0.3) is 0 Å². The SMILES string of the molecule is CC12C(=O)OC(=O)[C@H]1[C@H]1C=C[C@@H]2C1. The van der Waals surface area contributed by atoms with Gasteiger partial charge < -0.3 is 4.74 Å². The van der Waals surface area contributed by atoms with Crippen LogP contribution in [0.15, 0.2) is 12.2 Å². The maximum atomic E-state index is 11.5. The first kappa shape index (κ1) is 7.30. The molecule has 0 aromatic rings. The first-order valence-corrected chi connectivity index (χ1v) is 4.58. The monoisotopic (exact) mass is 178 g/mol. The summed E-state index contributed by atoms with van der Waals surface area (Å²) in [6.07, 6.45) is 5.06. The van der Waals surface area contributed by atoms with Gasteiger partial charge in [-0.3, -0.25) is 9.59 Å². The van der Waals surface area contributed by atoms with Crippen molar-refractivity contribution in [3.05, 3.63) is 12.2 Å². The fourth-order valence-electron chi connectivity index (χ4n) is 3.06. The highest BCUT2D eigenvalue weighted by atomic mass is 16.6. The van der Waals surface area contributed by atoms with Crippen LogP contribution in [-0.4, -0.2) is 11.9 Å². The van der Waals surface area contributed by atoms with Crippen molar-refractivity contribution in [3.8, 4) is 0 Å². The smallest absolute Gasteiger partial charge is 0.320 e. The van der Waals surface area contributed by atoms with Crippen LogP contribution in [0, 0.1) is 23.2 Å². The van der Waals surface area contributed by atoms with E-state index < -0.39 is 5.41 Å². The van der Waals surface area contributed by atoms with Crippen LogP contribution in [0.1, 0.15) is 13.3 Å². The lowest BCUT2D eigenvalue weighted by molar-refractivity contribution is -0.156. The van der Waals surface area contributed by atoms with Gasteiger partial charge in [-0.05, 0) is 25.2 Å². The van der Waals surface area contributed by atoms with Gasteiger partial charge in [0.1, 0.15) is 0 Å². The van der Waals surface area contributed by atoms with Crippen molar-refractivity contribution in [2.24, 2.45) is 23.2 Å². The number of rotatable bonds is 0. The van der Waals surface area contributed by atoms with Gasteiger partial charge in [-0.2, -0.15) is 0 Å². The van der Waals surface area contributed by atoms with E-state index in [1.54, 1.807) is 0 Å². The summed E-state index contributed by atoms with van der Waals surface area (Å²) in [5.41, 5.74) is -0.545. The van der Waals surface area contributed by atoms with Crippen molar-refractivity contribution in [2.75, 3.05) is 0 Å². The summed E-state index contributed by atoms with van der Waals surface area (Å²) in [4.78, 5) is 22.9. The van der Waals surface area contributed by atoms with Crippen LogP contribution >= 0.6 is 0 Å². The minimum Gasteiger partial charge on any atom is -0.392 e. The number of hydrogen-bond acceptors (Lipinski definition) is 3. The molecular weight excluding hydrogens is 168 g/mol. The lowest BCUT2D eigenvalue weighted by Gasteiger charge is -2.25. The van der Waals surface area contributed by atoms with Crippen molar-refractivity contribution in [2.45, 2.75) is 13.3 Å². The molecule has 0 N–H and O–H groups in total. The second-order valence-electron chi connectivity index (χ2n) is 4.36. The number of hydrogen-bond donors (Lipinski definition) is 0. The third-order valence-electron chi connectivity index (χ3n) is 3.85. The molecule has 1 saturated carbocycles. The van der Waals surface area contributed by atoms with Crippen LogP contribution < -0.4 is 0 Å². The van der Waals surface area contributed by atoms with Gasteiger partial charge in [-0.1, -0.05) is 12.2 Å². The Hall–Kier alpha value is -1.12. The third-order valence-corrected chi connectivity index (χ3v) is 3.85. The van der Waals surface area contributed by atoms with E-state index in [9.17, 15) is 9.59 Å². The number of ether oxygens (including phenoxy) is 1. The Morgan fingerprint density at radius 2 is 2.23 bits per heavy atom. The second-order valence-corrected chi connectivity index (χ2v) is 4.36. The van der Waals surface area contributed by atoms with Crippen LogP contribution in [0.5, 0.6) is 0 Å². The van der Waals surface area contributed by atoms with E-state index in [0.29, 0.717) is 0 Å². The average Bonchev–Trinajstić information content (AvgIpc) is 2.66. The zero-order chi connectivity index (χ0) is 9.22. The van der Waals surface area contributed by atoms with E-state index in [1.807, 2.05) is 6.92 Å². The zero-order valence-electron chi connectivity index (χ0n) is 7.32. The topological polar surface area (TPSA) is 43.4 Å². The van der Waals surface area contributed by atoms with Gasteiger partial charge in [0, 0.05) is 0 Å². The maximum Gasteiger partial charge on any atom is 0.320 e. The van der Waals surface area contributed by atoms with Crippen molar-refractivity contribution < 1.29 is 14.3 Å². The van der Waals surface area contributed by atoms with Crippen LogP contribution in [0.4, 0.5) is 0 Å². The molecule has 0 amide bonds. The Bertz CT molecular complexity index is 344. The molecule has 3 heteroatoms. The van der Waals surface area contributed by atoms with E-state index >= 15 is 0 Å². The molecule has 0 radical (unpaired) electrons. The van der Waals surface area contributed by atoms with Gasteiger partial charge in [0.15, 0.2) is 0 Å². The Kier molecular flexibility index (Phi) is 1.05. The van der Waals surface area contributed by atoms with Gasteiger partial charge in [0.2, 0.25) is 0 Å². The summed E-state index contributed by atoms with van der Waals surface area (Å²) < 4.78 is 4.69. The lowest BCUT2D eigenvalue weighted by Crippen LogP contribution is -2.34. The summed E-state index contributed by atoms with van der Waals surface area (Å²) in [5.74, 6) is -0.367. The number of cyclic esters (lactones) is 2. The normalized spacial score (nSPS) is 51.3. The summed E-state index contributed by atoms with van der Waals surface area (Å²) in [5, 5.41) is 0. The molecule has 1 saturated heterocycles. The fraction of sp³-hybridized carbons (Fsp3) is 0.600. The first-order chi connectivity index (χ1) is 6.14. The van der Waals surface area contributed by atoms with Gasteiger partial charge in [-0.25, -0.2) is 0 Å². The molecule has 0 aromatic carbocycles. The summed E-state index contributed by atoms with van der Waals surface area (Å²) in [6.45, 7) is 1.86. The Morgan fingerprint density at radius 1 is 1.46 bits per heavy atom. The van der Waals surface area contributed by atoms with Crippen molar-refractivity contribution >= 4 is 11.9 Å². The first-order valence-electron chi connectivity index (χ1n) is 4.58. The standard InChI is InChI=1S/C10H10O3/c1-10-6-3-2-5(4-6)7(10)8(11)13-9(10)12/h2-3,5-7H,4H2,1H3/t5-,6+,7+,10?/m0/s1. The number of fused-ring (bicyclic) bond motifs is 5. The van der Waals surface area contributed by atoms with E-state index in [-0.39, 0.29) is 29.7 Å². The van der Waals surface area contributed by atoms with E-state index in [4.69, 9.17) is 4.74 Å². The minimum atomic E-state index is -0.545. The van der Waals surface area contributed by atoms with Crippen LogP contribution in [0.2, 0.25) is 0 Å². The van der Waals surface area contributed by atoms with Gasteiger partial charge in [-0.15, -0.1) is 0 Å².